The molecule has 2 aromatic rings. The van der Waals surface area contributed by atoms with Crippen LogP contribution in [0.4, 0.5) is 5.69 Å². The Morgan fingerprint density at radius 3 is 2.33 bits per heavy atom. The van der Waals surface area contributed by atoms with Gasteiger partial charge < -0.3 is 9.88 Å². The summed E-state index contributed by atoms with van der Waals surface area (Å²) in [7, 11) is 1.77. The zero-order valence-corrected chi connectivity index (χ0v) is 14.1. The average Bonchev–Trinajstić information content (AvgIpc) is 2.83. The third-order valence-corrected chi connectivity index (χ3v) is 4.07. The molecule has 0 aliphatic carbocycles. The van der Waals surface area contributed by atoms with Crippen molar-refractivity contribution in [2.45, 2.75) is 20.8 Å². The van der Waals surface area contributed by atoms with Crippen LogP contribution in [0.5, 0.6) is 0 Å². The van der Waals surface area contributed by atoms with Crippen LogP contribution in [0.15, 0.2) is 29.8 Å². The SMILES string of the molecule is Cc1cccc(C)c1NC(=O)/C(C#N)=C/c1cc(C#N)n(C)c1C. The highest BCUT2D eigenvalue weighted by molar-refractivity contribution is 6.10. The number of anilines is 1. The van der Waals surface area contributed by atoms with Gasteiger partial charge >= 0.3 is 0 Å². The molecular formula is C19H18N4O. The van der Waals surface area contributed by atoms with Crippen LogP contribution in [0, 0.1) is 43.4 Å². The van der Waals surface area contributed by atoms with Gasteiger partial charge in [0.05, 0.1) is 0 Å². The van der Waals surface area contributed by atoms with Gasteiger partial charge in [0.25, 0.3) is 5.91 Å². The fraction of sp³-hybridized carbons (Fsp3) is 0.211. The molecule has 5 nitrogen and oxygen atoms in total. The summed E-state index contributed by atoms with van der Waals surface area (Å²) in [5.74, 6) is -0.461. The number of aryl methyl sites for hydroxylation is 2. The number of carbonyl (C=O) groups excluding carboxylic acids is 1. The van der Waals surface area contributed by atoms with Crippen molar-refractivity contribution in [3.8, 4) is 12.1 Å². The second kappa shape index (κ2) is 6.85. The minimum absolute atomic E-state index is 0.00385. The van der Waals surface area contributed by atoms with E-state index < -0.39 is 5.91 Å². The van der Waals surface area contributed by atoms with Crippen molar-refractivity contribution in [2.24, 2.45) is 7.05 Å². The molecule has 2 rings (SSSR count). The summed E-state index contributed by atoms with van der Waals surface area (Å²) in [6.07, 6.45) is 1.51. The van der Waals surface area contributed by atoms with Gasteiger partial charge in [-0.3, -0.25) is 4.79 Å². The predicted octanol–water partition coefficient (Wildman–Crippen LogP) is 3.37. The molecule has 0 atom stereocenters. The molecule has 0 fully saturated rings. The second-order valence-corrected chi connectivity index (χ2v) is 5.63. The summed E-state index contributed by atoms with van der Waals surface area (Å²) < 4.78 is 1.73. The van der Waals surface area contributed by atoms with Crippen LogP contribution >= 0.6 is 0 Å². The maximum absolute atomic E-state index is 12.5. The van der Waals surface area contributed by atoms with Gasteiger partial charge in [-0.25, -0.2) is 0 Å². The maximum Gasteiger partial charge on any atom is 0.266 e. The first-order valence-electron chi connectivity index (χ1n) is 7.44. The van der Waals surface area contributed by atoms with Gasteiger partial charge in [0.2, 0.25) is 0 Å². The molecule has 24 heavy (non-hydrogen) atoms. The summed E-state index contributed by atoms with van der Waals surface area (Å²) in [4.78, 5) is 12.5. The van der Waals surface area contributed by atoms with Crippen molar-refractivity contribution in [3.63, 3.8) is 0 Å². The van der Waals surface area contributed by atoms with E-state index in [1.54, 1.807) is 17.7 Å². The van der Waals surface area contributed by atoms with E-state index in [2.05, 4.69) is 11.4 Å². The van der Waals surface area contributed by atoms with Crippen molar-refractivity contribution in [1.29, 1.82) is 10.5 Å². The van der Waals surface area contributed by atoms with Gasteiger partial charge in [0, 0.05) is 18.4 Å². The Bertz CT molecular complexity index is 900. The van der Waals surface area contributed by atoms with E-state index in [4.69, 9.17) is 5.26 Å². The van der Waals surface area contributed by atoms with Crippen molar-refractivity contribution in [3.05, 3.63) is 57.9 Å². The highest BCUT2D eigenvalue weighted by Gasteiger charge is 2.14. The van der Waals surface area contributed by atoms with Crippen molar-refractivity contribution >= 4 is 17.7 Å². The van der Waals surface area contributed by atoms with Crippen LogP contribution in [-0.4, -0.2) is 10.5 Å². The highest BCUT2D eigenvalue weighted by Crippen LogP contribution is 2.21. The lowest BCUT2D eigenvalue weighted by molar-refractivity contribution is -0.112. The zero-order valence-electron chi connectivity index (χ0n) is 14.1. The number of amides is 1. The molecule has 1 amide bonds. The lowest BCUT2D eigenvalue weighted by Gasteiger charge is -2.10. The Morgan fingerprint density at radius 2 is 1.83 bits per heavy atom. The molecule has 1 N–H and O–H groups in total. The lowest BCUT2D eigenvalue weighted by Crippen LogP contribution is -2.15. The molecule has 0 bridgehead atoms. The topological polar surface area (TPSA) is 81.6 Å². The van der Waals surface area contributed by atoms with Crippen LogP contribution in [-0.2, 0) is 11.8 Å². The van der Waals surface area contributed by atoms with Gasteiger partial charge in [-0.15, -0.1) is 0 Å². The number of benzene rings is 1. The number of carbonyl (C=O) groups is 1. The molecule has 0 radical (unpaired) electrons. The van der Waals surface area contributed by atoms with Crippen LogP contribution in [0.25, 0.3) is 6.08 Å². The highest BCUT2D eigenvalue weighted by atomic mass is 16.1. The third-order valence-electron chi connectivity index (χ3n) is 4.07. The van der Waals surface area contributed by atoms with E-state index in [0.29, 0.717) is 16.9 Å². The van der Waals surface area contributed by atoms with Gasteiger partial charge in [-0.2, -0.15) is 10.5 Å². The maximum atomic E-state index is 12.5. The van der Waals surface area contributed by atoms with E-state index >= 15 is 0 Å². The number of aromatic nitrogens is 1. The number of para-hydroxylation sites is 1. The van der Waals surface area contributed by atoms with Gasteiger partial charge in [-0.05, 0) is 49.6 Å². The molecule has 0 unspecified atom stereocenters. The van der Waals surface area contributed by atoms with Crippen LogP contribution < -0.4 is 5.32 Å². The quantitative estimate of drug-likeness (QED) is 0.696. The molecule has 1 aromatic carbocycles. The zero-order chi connectivity index (χ0) is 17.9. The summed E-state index contributed by atoms with van der Waals surface area (Å²) in [6, 6.07) is 11.4. The molecule has 0 saturated heterocycles. The number of hydrogen-bond donors (Lipinski definition) is 1. The molecule has 0 aliphatic heterocycles. The molecule has 1 heterocycles. The van der Waals surface area contributed by atoms with E-state index in [-0.39, 0.29) is 5.57 Å². The number of rotatable bonds is 3. The van der Waals surface area contributed by atoms with Crippen LogP contribution in [0.1, 0.15) is 28.1 Å². The summed E-state index contributed by atoms with van der Waals surface area (Å²) in [5, 5.41) is 21.2. The third kappa shape index (κ3) is 3.21. The molecule has 120 valence electrons. The normalized spacial score (nSPS) is 10.8. The minimum Gasteiger partial charge on any atom is -0.339 e. The molecule has 0 spiro atoms. The Morgan fingerprint density at radius 1 is 1.21 bits per heavy atom. The van der Waals surface area contributed by atoms with E-state index in [0.717, 1.165) is 16.8 Å². The largest absolute Gasteiger partial charge is 0.339 e. The number of hydrogen-bond acceptors (Lipinski definition) is 3. The number of nitrogens with zero attached hydrogens (tertiary/aromatic N) is 3. The smallest absolute Gasteiger partial charge is 0.266 e. The van der Waals surface area contributed by atoms with E-state index in [9.17, 15) is 10.1 Å². The number of nitriles is 2. The Hall–Kier alpha value is -3.31. The lowest BCUT2D eigenvalue weighted by atomic mass is 10.1. The van der Waals surface area contributed by atoms with E-state index in [1.807, 2.05) is 45.0 Å². The van der Waals surface area contributed by atoms with Crippen LogP contribution in [0.3, 0.4) is 0 Å². The number of nitrogens with one attached hydrogen (secondary N) is 1. The predicted molar refractivity (Wildman–Crippen MR) is 93.0 cm³/mol. The van der Waals surface area contributed by atoms with Gasteiger partial charge in [0.15, 0.2) is 0 Å². The van der Waals surface area contributed by atoms with Crippen molar-refractivity contribution < 1.29 is 4.79 Å². The average molecular weight is 318 g/mol. The first-order chi connectivity index (χ1) is 11.4. The van der Waals surface area contributed by atoms with Crippen molar-refractivity contribution in [2.75, 3.05) is 5.32 Å². The Labute approximate surface area is 141 Å². The fourth-order valence-electron chi connectivity index (χ4n) is 2.47. The summed E-state index contributed by atoms with van der Waals surface area (Å²) in [5.41, 5.74) is 4.56. The minimum atomic E-state index is -0.461. The first kappa shape index (κ1) is 17.1. The fourth-order valence-corrected chi connectivity index (χ4v) is 2.47. The van der Waals surface area contributed by atoms with Gasteiger partial charge in [-0.1, -0.05) is 18.2 Å². The Balaban J connectivity index is 2.37. The molecule has 0 saturated carbocycles. The summed E-state index contributed by atoms with van der Waals surface area (Å²) >= 11 is 0. The second-order valence-electron chi connectivity index (χ2n) is 5.63. The monoisotopic (exact) mass is 318 g/mol. The van der Waals surface area contributed by atoms with E-state index in [1.165, 1.54) is 6.08 Å². The summed E-state index contributed by atoms with van der Waals surface area (Å²) in [6.45, 7) is 5.64. The Kier molecular flexibility index (Phi) is 4.87. The standard InChI is InChI=1S/C19H18N4O/c1-12-6-5-7-13(2)18(12)22-19(24)16(10-20)8-15-9-17(11-21)23(4)14(15)3/h5-9H,1-4H3,(H,22,24)/b16-8+. The molecule has 0 aliphatic rings. The molecule has 1 aromatic heterocycles. The van der Waals surface area contributed by atoms with Crippen molar-refractivity contribution in [1.82, 2.24) is 4.57 Å². The molecular weight excluding hydrogens is 300 g/mol. The van der Waals surface area contributed by atoms with Gasteiger partial charge in [0.1, 0.15) is 23.4 Å². The van der Waals surface area contributed by atoms with Crippen LogP contribution in [0.2, 0.25) is 0 Å². The first-order valence-corrected chi connectivity index (χ1v) is 7.44. The molecule has 5 heteroatoms.